The lowest BCUT2D eigenvalue weighted by Gasteiger charge is -2.17. The maximum absolute atomic E-state index is 12.3. The SMILES string of the molecule is CCOC(=O)c1cccc(/C=C/c2cc3c(cn2)CCc2c-3nn3c2C(=O)NCC3)c1. The van der Waals surface area contributed by atoms with Gasteiger partial charge in [0.2, 0.25) is 0 Å². The molecule has 2 aliphatic rings. The van der Waals surface area contributed by atoms with Gasteiger partial charge in [0.1, 0.15) is 5.69 Å². The number of nitrogens with one attached hydrogen (secondary N) is 1. The maximum atomic E-state index is 12.3. The van der Waals surface area contributed by atoms with E-state index in [0.29, 0.717) is 31.0 Å². The summed E-state index contributed by atoms with van der Waals surface area (Å²) in [5.74, 6) is -0.371. The summed E-state index contributed by atoms with van der Waals surface area (Å²) in [6.07, 6.45) is 7.37. The number of aryl methyl sites for hydroxylation is 1. The maximum Gasteiger partial charge on any atom is 0.338 e. The lowest BCUT2D eigenvalue weighted by molar-refractivity contribution is 0.0526. The quantitative estimate of drug-likeness (QED) is 0.663. The van der Waals surface area contributed by atoms with Crippen molar-refractivity contribution in [3.05, 3.63) is 70.2 Å². The summed E-state index contributed by atoms with van der Waals surface area (Å²) in [5.41, 5.74) is 6.98. The highest BCUT2D eigenvalue weighted by Gasteiger charge is 2.30. The summed E-state index contributed by atoms with van der Waals surface area (Å²) in [6.45, 7) is 3.43. The van der Waals surface area contributed by atoms with Crippen LogP contribution in [0.1, 0.15) is 50.2 Å². The highest BCUT2D eigenvalue weighted by atomic mass is 16.5. The molecular formula is C24H22N4O3. The van der Waals surface area contributed by atoms with Crippen LogP contribution in [-0.4, -0.2) is 39.8 Å². The smallest absolute Gasteiger partial charge is 0.338 e. The van der Waals surface area contributed by atoms with E-state index >= 15 is 0 Å². The average Bonchev–Trinajstić information content (AvgIpc) is 3.18. The highest BCUT2D eigenvalue weighted by molar-refractivity contribution is 5.97. The van der Waals surface area contributed by atoms with Crippen LogP contribution in [0.25, 0.3) is 23.4 Å². The minimum absolute atomic E-state index is 0.0425. The Labute approximate surface area is 179 Å². The number of amides is 1. The molecule has 3 aromatic rings. The summed E-state index contributed by atoms with van der Waals surface area (Å²) >= 11 is 0. The van der Waals surface area contributed by atoms with E-state index in [-0.39, 0.29) is 11.9 Å². The van der Waals surface area contributed by atoms with Gasteiger partial charge >= 0.3 is 5.97 Å². The fraction of sp³-hybridized carbons (Fsp3) is 0.250. The molecule has 0 fully saturated rings. The molecule has 0 atom stereocenters. The standard InChI is InChI=1S/C24H22N4O3/c1-2-31-24(30)16-5-3-4-15(12-16)6-8-18-13-20-17(14-26-18)7-9-19-21(20)27-28-11-10-25-23(29)22(19)28/h3-6,8,12-14H,2,7,9-11H2,1H3,(H,25,29)/b8-6+. The van der Waals surface area contributed by atoms with E-state index in [1.54, 1.807) is 19.1 Å². The van der Waals surface area contributed by atoms with Gasteiger partial charge < -0.3 is 10.1 Å². The first-order valence-electron chi connectivity index (χ1n) is 10.5. The fourth-order valence-electron chi connectivity index (χ4n) is 4.16. The molecule has 1 N–H and O–H groups in total. The molecule has 1 amide bonds. The van der Waals surface area contributed by atoms with Gasteiger partial charge in [0.05, 0.1) is 30.1 Å². The molecule has 5 rings (SSSR count). The van der Waals surface area contributed by atoms with Crippen molar-refractivity contribution in [3.63, 3.8) is 0 Å². The molecular weight excluding hydrogens is 392 g/mol. The van der Waals surface area contributed by atoms with Crippen molar-refractivity contribution >= 4 is 24.0 Å². The molecule has 0 saturated heterocycles. The third-order valence-corrected chi connectivity index (χ3v) is 5.63. The highest BCUT2D eigenvalue weighted by Crippen LogP contribution is 2.35. The van der Waals surface area contributed by atoms with Crippen LogP contribution in [0.5, 0.6) is 0 Å². The van der Waals surface area contributed by atoms with Gasteiger partial charge in [0.15, 0.2) is 0 Å². The van der Waals surface area contributed by atoms with Gasteiger partial charge in [0.25, 0.3) is 5.91 Å². The van der Waals surface area contributed by atoms with Gasteiger partial charge in [-0.25, -0.2) is 4.79 Å². The zero-order valence-electron chi connectivity index (χ0n) is 17.2. The Morgan fingerprint density at radius 1 is 1.26 bits per heavy atom. The third kappa shape index (κ3) is 3.52. The minimum atomic E-state index is -0.329. The summed E-state index contributed by atoms with van der Waals surface area (Å²) in [4.78, 5) is 28.9. The Morgan fingerprint density at radius 3 is 3.03 bits per heavy atom. The van der Waals surface area contributed by atoms with Crippen LogP contribution in [0.2, 0.25) is 0 Å². The van der Waals surface area contributed by atoms with E-state index in [0.717, 1.165) is 46.5 Å². The second-order valence-corrected chi connectivity index (χ2v) is 7.60. The number of hydrogen-bond donors (Lipinski definition) is 1. The second-order valence-electron chi connectivity index (χ2n) is 7.60. The number of aromatic nitrogens is 3. The zero-order chi connectivity index (χ0) is 21.4. The van der Waals surface area contributed by atoms with Gasteiger partial charge in [-0.15, -0.1) is 0 Å². The molecule has 1 aliphatic carbocycles. The Balaban J connectivity index is 1.46. The van der Waals surface area contributed by atoms with Crippen LogP contribution >= 0.6 is 0 Å². The van der Waals surface area contributed by atoms with Crippen molar-refractivity contribution in [3.8, 4) is 11.3 Å². The number of hydrogen-bond acceptors (Lipinski definition) is 5. The van der Waals surface area contributed by atoms with Crippen LogP contribution in [0, 0.1) is 0 Å². The molecule has 7 heteroatoms. The first-order valence-corrected chi connectivity index (χ1v) is 10.5. The zero-order valence-corrected chi connectivity index (χ0v) is 17.2. The van der Waals surface area contributed by atoms with E-state index in [1.165, 1.54) is 0 Å². The van der Waals surface area contributed by atoms with Crippen LogP contribution < -0.4 is 5.32 Å². The van der Waals surface area contributed by atoms with Crippen molar-refractivity contribution in [2.75, 3.05) is 13.2 Å². The van der Waals surface area contributed by atoms with Crippen LogP contribution in [0.4, 0.5) is 0 Å². The first-order chi connectivity index (χ1) is 15.1. The molecule has 0 spiro atoms. The molecule has 2 aromatic heterocycles. The van der Waals surface area contributed by atoms with Crippen molar-refractivity contribution in [2.45, 2.75) is 26.3 Å². The molecule has 0 radical (unpaired) electrons. The molecule has 0 saturated carbocycles. The van der Waals surface area contributed by atoms with Crippen molar-refractivity contribution in [2.24, 2.45) is 0 Å². The fourth-order valence-corrected chi connectivity index (χ4v) is 4.16. The molecule has 31 heavy (non-hydrogen) atoms. The van der Waals surface area contributed by atoms with E-state index < -0.39 is 0 Å². The molecule has 0 unspecified atom stereocenters. The minimum Gasteiger partial charge on any atom is -0.462 e. The van der Waals surface area contributed by atoms with Gasteiger partial charge in [0, 0.05) is 23.9 Å². The molecule has 3 heterocycles. The predicted octanol–water partition coefficient (Wildman–Crippen LogP) is 3.13. The lowest BCUT2D eigenvalue weighted by Crippen LogP contribution is -2.36. The number of fused-ring (bicyclic) bond motifs is 5. The van der Waals surface area contributed by atoms with Crippen molar-refractivity contribution in [1.82, 2.24) is 20.1 Å². The molecule has 1 aromatic carbocycles. The van der Waals surface area contributed by atoms with Crippen molar-refractivity contribution in [1.29, 1.82) is 0 Å². The number of ether oxygens (including phenoxy) is 1. The van der Waals surface area contributed by atoms with Crippen LogP contribution in [0.15, 0.2) is 36.5 Å². The monoisotopic (exact) mass is 414 g/mol. The number of nitrogens with zero attached hydrogens (tertiary/aromatic N) is 3. The summed E-state index contributed by atoms with van der Waals surface area (Å²) in [6, 6.07) is 9.32. The van der Waals surface area contributed by atoms with E-state index in [4.69, 9.17) is 9.84 Å². The average molecular weight is 414 g/mol. The largest absolute Gasteiger partial charge is 0.462 e. The number of carbonyl (C=O) groups is 2. The van der Waals surface area contributed by atoms with Gasteiger partial charge in [-0.05, 0) is 55.2 Å². The van der Waals surface area contributed by atoms with Crippen LogP contribution in [0.3, 0.4) is 0 Å². The van der Waals surface area contributed by atoms with Gasteiger partial charge in [-0.2, -0.15) is 5.10 Å². The number of rotatable bonds is 4. The summed E-state index contributed by atoms with van der Waals surface area (Å²) in [7, 11) is 0. The van der Waals surface area contributed by atoms with Gasteiger partial charge in [-0.1, -0.05) is 18.2 Å². The number of benzene rings is 1. The predicted molar refractivity (Wildman–Crippen MR) is 117 cm³/mol. The Hall–Kier alpha value is -3.74. The third-order valence-electron chi connectivity index (χ3n) is 5.63. The summed E-state index contributed by atoms with van der Waals surface area (Å²) in [5, 5.41) is 7.66. The van der Waals surface area contributed by atoms with Crippen LogP contribution in [-0.2, 0) is 24.1 Å². The van der Waals surface area contributed by atoms with Crippen molar-refractivity contribution < 1.29 is 14.3 Å². The van der Waals surface area contributed by atoms with Gasteiger partial charge in [-0.3, -0.25) is 14.5 Å². The number of esters is 1. The second kappa shape index (κ2) is 7.83. The molecule has 1 aliphatic heterocycles. The number of pyridine rings is 1. The first kappa shape index (κ1) is 19.2. The lowest BCUT2D eigenvalue weighted by atomic mass is 9.89. The molecule has 7 nitrogen and oxygen atoms in total. The van der Waals surface area contributed by atoms with E-state index in [1.807, 2.05) is 41.2 Å². The normalized spacial score (nSPS) is 14.5. The van der Waals surface area contributed by atoms with E-state index in [2.05, 4.69) is 10.3 Å². The Kier molecular flexibility index (Phi) is 4.86. The Bertz CT molecular complexity index is 1230. The number of carbonyl (C=O) groups excluding carboxylic acids is 2. The Morgan fingerprint density at radius 2 is 2.16 bits per heavy atom. The van der Waals surface area contributed by atoms with E-state index in [9.17, 15) is 9.59 Å². The molecule has 156 valence electrons. The summed E-state index contributed by atoms with van der Waals surface area (Å²) < 4.78 is 6.90. The topological polar surface area (TPSA) is 86.1 Å². The molecule has 0 bridgehead atoms.